The first-order valence-corrected chi connectivity index (χ1v) is 10.1. The van der Waals surface area contributed by atoms with Crippen molar-refractivity contribution in [1.29, 1.82) is 0 Å². The number of hydrogen-bond acceptors (Lipinski definition) is 5. The van der Waals surface area contributed by atoms with Gasteiger partial charge in [-0.25, -0.2) is 4.68 Å². The van der Waals surface area contributed by atoms with Gasteiger partial charge in [0.05, 0.1) is 11.4 Å². The minimum atomic E-state index is -0.433. The van der Waals surface area contributed by atoms with Gasteiger partial charge >= 0.3 is 5.97 Å². The van der Waals surface area contributed by atoms with Crippen LogP contribution in [-0.4, -0.2) is 33.5 Å². The van der Waals surface area contributed by atoms with E-state index in [9.17, 15) is 9.59 Å². The molecular formula is C22H23N3O3S. The fourth-order valence-electron chi connectivity index (χ4n) is 2.66. The molecule has 0 bridgehead atoms. The smallest absolute Gasteiger partial charge is 0.319 e. The molecule has 0 aliphatic heterocycles. The van der Waals surface area contributed by atoms with Crippen molar-refractivity contribution in [1.82, 2.24) is 9.78 Å². The van der Waals surface area contributed by atoms with E-state index in [0.29, 0.717) is 5.82 Å². The second kappa shape index (κ2) is 9.43. The van der Waals surface area contributed by atoms with Gasteiger partial charge in [-0.2, -0.15) is 5.10 Å². The lowest BCUT2D eigenvalue weighted by Crippen LogP contribution is -2.25. The zero-order valence-electron chi connectivity index (χ0n) is 16.6. The molecule has 29 heavy (non-hydrogen) atoms. The Morgan fingerprint density at radius 1 is 1.10 bits per heavy atom. The Labute approximate surface area is 174 Å². The van der Waals surface area contributed by atoms with Crippen LogP contribution in [0.25, 0.3) is 5.69 Å². The predicted octanol–water partition coefficient (Wildman–Crippen LogP) is 4.15. The highest BCUT2D eigenvalue weighted by atomic mass is 32.2. The minimum Gasteiger partial charge on any atom is -0.455 e. The van der Waals surface area contributed by atoms with Crippen LogP contribution in [0.15, 0.2) is 65.6 Å². The van der Waals surface area contributed by atoms with Crippen LogP contribution in [0.2, 0.25) is 0 Å². The van der Waals surface area contributed by atoms with E-state index in [1.165, 1.54) is 11.8 Å². The van der Waals surface area contributed by atoms with Crippen LogP contribution in [0.1, 0.15) is 18.2 Å². The number of benzene rings is 2. The van der Waals surface area contributed by atoms with E-state index in [2.05, 4.69) is 10.4 Å². The Bertz CT molecular complexity index is 984. The molecule has 6 nitrogen and oxygen atoms in total. The van der Waals surface area contributed by atoms with Gasteiger partial charge in [-0.3, -0.25) is 9.59 Å². The molecule has 1 heterocycles. The summed E-state index contributed by atoms with van der Waals surface area (Å²) in [5, 5.41) is 6.78. The molecule has 0 radical (unpaired) electrons. The Balaban J connectivity index is 1.57. The van der Waals surface area contributed by atoms with E-state index in [-0.39, 0.29) is 6.61 Å². The zero-order valence-corrected chi connectivity index (χ0v) is 17.4. The van der Waals surface area contributed by atoms with Gasteiger partial charge in [-0.05, 0) is 45.0 Å². The fraction of sp³-hybridized carbons (Fsp3) is 0.227. The van der Waals surface area contributed by atoms with Crippen LogP contribution in [0.5, 0.6) is 0 Å². The Kier molecular flexibility index (Phi) is 6.72. The van der Waals surface area contributed by atoms with E-state index in [1.54, 1.807) is 17.7 Å². The molecular weight excluding hydrogens is 386 g/mol. The standard InChI is InChI=1S/C22H23N3O3S/c1-15-9-11-18(12-10-15)25-20(13-16(2)24-25)23-21(26)14-28-22(27)17(3)29-19-7-5-4-6-8-19/h4-13,17H,14H2,1-3H3,(H,23,26)/t17-/m1/s1. The van der Waals surface area contributed by atoms with Crippen molar-refractivity contribution in [3.05, 3.63) is 71.9 Å². The monoisotopic (exact) mass is 409 g/mol. The SMILES string of the molecule is Cc1ccc(-n2nc(C)cc2NC(=O)COC(=O)[C@@H](C)Sc2ccccc2)cc1. The first-order chi connectivity index (χ1) is 13.9. The second-order valence-corrected chi connectivity index (χ2v) is 8.06. The Morgan fingerprint density at radius 2 is 1.79 bits per heavy atom. The molecule has 1 atom stereocenters. The second-order valence-electron chi connectivity index (χ2n) is 6.65. The summed E-state index contributed by atoms with van der Waals surface area (Å²) in [5.74, 6) is -0.320. The molecule has 7 heteroatoms. The van der Waals surface area contributed by atoms with Gasteiger partial charge in [0.15, 0.2) is 6.61 Å². The number of aromatic nitrogens is 2. The summed E-state index contributed by atoms with van der Waals surface area (Å²) in [5.41, 5.74) is 2.74. The molecule has 1 amide bonds. The number of anilines is 1. The van der Waals surface area contributed by atoms with E-state index in [4.69, 9.17) is 4.74 Å². The maximum Gasteiger partial charge on any atom is 0.319 e. The number of carbonyl (C=O) groups excluding carboxylic acids is 2. The molecule has 0 saturated carbocycles. The zero-order chi connectivity index (χ0) is 20.8. The number of thioether (sulfide) groups is 1. The van der Waals surface area contributed by atoms with Gasteiger partial charge in [0, 0.05) is 11.0 Å². The number of nitrogens with one attached hydrogen (secondary N) is 1. The molecule has 0 fully saturated rings. The lowest BCUT2D eigenvalue weighted by molar-refractivity contribution is -0.146. The van der Waals surface area contributed by atoms with Crippen molar-refractivity contribution in [2.45, 2.75) is 30.9 Å². The van der Waals surface area contributed by atoms with Crippen molar-refractivity contribution >= 4 is 29.5 Å². The summed E-state index contributed by atoms with van der Waals surface area (Å²) in [6.07, 6.45) is 0. The molecule has 0 unspecified atom stereocenters. The van der Waals surface area contributed by atoms with Crippen LogP contribution < -0.4 is 5.32 Å². The Hall–Kier alpha value is -3.06. The van der Waals surface area contributed by atoms with Crippen molar-refractivity contribution < 1.29 is 14.3 Å². The molecule has 2 aromatic carbocycles. The maximum absolute atomic E-state index is 12.3. The third kappa shape index (κ3) is 5.71. The van der Waals surface area contributed by atoms with Crippen molar-refractivity contribution in [2.24, 2.45) is 0 Å². The van der Waals surface area contributed by atoms with E-state index in [0.717, 1.165) is 21.8 Å². The summed E-state index contributed by atoms with van der Waals surface area (Å²) in [4.78, 5) is 25.5. The minimum absolute atomic E-state index is 0.351. The van der Waals surface area contributed by atoms with Crippen LogP contribution in [0, 0.1) is 13.8 Å². The van der Waals surface area contributed by atoms with E-state index in [1.807, 2.05) is 68.4 Å². The van der Waals surface area contributed by atoms with Crippen LogP contribution in [0.3, 0.4) is 0 Å². The molecule has 1 aromatic heterocycles. The van der Waals surface area contributed by atoms with Crippen molar-refractivity contribution in [2.75, 3.05) is 11.9 Å². The molecule has 3 aromatic rings. The quantitative estimate of drug-likeness (QED) is 0.469. The lowest BCUT2D eigenvalue weighted by atomic mass is 10.2. The van der Waals surface area contributed by atoms with Gasteiger partial charge in [-0.15, -0.1) is 11.8 Å². The van der Waals surface area contributed by atoms with E-state index >= 15 is 0 Å². The van der Waals surface area contributed by atoms with Crippen LogP contribution >= 0.6 is 11.8 Å². The third-order valence-electron chi connectivity index (χ3n) is 4.11. The number of carbonyl (C=O) groups is 2. The topological polar surface area (TPSA) is 73.2 Å². The van der Waals surface area contributed by atoms with Crippen LogP contribution in [0.4, 0.5) is 5.82 Å². The first kappa shape index (κ1) is 20.7. The number of ether oxygens (including phenoxy) is 1. The molecule has 0 spiro atoms. The normalized spacial score (nSPS) is 11.7. The molecule has 0 aliphatic carbocycles. The number of amides is 1. The lowest BCUT2D eigenvalue weighted by Gasteiger charge is -2.12. The summed E-state index contributed by atoms with van der Waals surface area (Å²) in [6.45, 7) is 5.26. The van der Waals surface area contributed by atoms with Gasteiger partial charge in [0.1, 0.15) is 11.1 Å². The summed E-state index contributed by atoms with van der Waals surface area (Å²) < 4.78 is 6.83. The largest absolute Gasteiger partial charge is 0.455 e. The van der Waals surface area contributed by atoms with Gasteiger partial charge in [-0.1, -0.05) is 35.9 Å². The number of esters is 1. The van der Waals surface area contributed by atoms with Gasteiger partial charge < -0.3 is 10.1 Å². The number of hydrogen-bond donors (Lipinski definition) is 1. The van der Waals surface area contributed by atoms with Crippen molar-refractivity contribution in [3.63, 3.8) is 0 Å². The molecule has 0 aliphatic rings. The fourth-order valence-corrected chi connectivity index (χ4v) is 3.54. The highest BCUT2D eigenvalue weighted by molar-refractivity contribution is 8.00. The average Bonchev–Trinajstić information content (AvgIpc) is 3.07. The van der Waals surface area contributed by atoms with E-state index < -0.39 is 17.1 Å². The predicted molar refractivity (Wildman–Crippen MR) is 114 cm³/mol. The summed E-state index contributed by atoms with van der Waals surface area (Å²) >= 11 is 1.39. The van der Waals surface area contributed by atoms with Gasteiger partial charge in [0.25, 0.3) is 5.91 Å². The molecule has 1 N–H and O–H groups in total. The number of rotatable bonds is 7. The maximum atomic E-state index is 12.3. The number of nitrogens with zero attached hydrogens (tertiary/aromatic N) is 2. The molecule has 0 saturated heterocycles. The number of aryl methyl sites for hydroxylation is 2. The molecule has 150 valence electrons. The molecule has 3 rings (SSSR count). The van der Waals surface area contributed by atoms with Crippen molar-refractivity contribution in [3.8, 4) is 5.69 Å². The first-order valence-electron chi connectivity index (χ1n) is 9.24. The highest BCUT2D eigenvalue weighted by Crippen LogP contribution is 2.23. The summed E-state index contributed by atoms with van der Waals surface area (Å²) in [7, 11) is 0. The Morgan fingerprint density at radius 3 is 2.48 bits per heavy atom. The van der Waals surface area contributed by atoms with Gasteiger partial charge in [0.2, 0.25) is 0 Å². The average molecular weight is 410 g/mol. The summed E-state index contributed by atoms with van der Waals surface area (Å²) in [6, 6.07) is 19.2. The van der Waals surface area contributed by atoms with Crippen LogP contribution in [-0.2, 0) is 14.3 Å². The highest BCUT2D eigenvalue weighted by Gasteiger charge is 2.18. The third-order valence-corrected chi connectivity index (χ3v) is 5.20.